The Hall–Kier alpha value is -1.47. The Morgan fingerprint density at radius 1 is 1.32 bits per heavy atom. The number of unbranched alkanes of at least 4 members (excludes halogenated alkanes) is 2. The molecule has 1 N–H and O–H groups in total. The summed E-state index contributed by atoms with van der Waals surface area (Å²) in [6.07, 6.45) is 3.51. The van der Waals surface area contributed by atoms with Crippen LogP contribution in [0.4, 0.5) is 5.13 Å². The molecule has 0 unspecified atom stereocenters. The highest BCUT2D eigenvalue weighted by atomic mass is 32.1. The van der Waals surface area contributed by atoms with Crippen molar-refractivity contribution in [2.45, 2.75) is 39.5 Å². The van der Waals surface area contributed by atoms with Crippen LogP contribution in [0.3, 0.4) is 0 Å². The largest absolute Gasteiger partial charge is 0.378 e. The van der Waals surface area contributed by atoms with Gasteiger partial charge in [0.25, 0.3) is 5.91 Å². The lowest BCUT2D eigenvalue weighted by Gasteiger charge is -2.26. The van der Waals surface area contributed by atoms with Crippen LogP contribution in [0.5, 0.6) is 0 Å². The predicted octanol–water partition coefficient (Wildman–Crippen LogP) is 2.44. The fourth-order valence-electron chi connectivity index (χ4n) is 2.28. The minimum atomic E-state index is -0.0347. The van der Waals surface area contributed by atoms with Crippen molar-refractivity contribution >= 4 is 28.3 Å². The summed E-state index contributed by atoms with van der Waals surface area (Å²) < 4.78 is 5.26. The average Bonchev–Trinajstić information content (AvgIpc) is 2.88. The molecule has 1 aliphatic rings. The third-order valence-corrected chi connectivity index (χ3v) is 4.60. The van der Waals surface area contributed by atoms with Gasteiger partial charge in [-0.2, -0.15) is 0 Å². The quantitative estimate of drug-likeness (QED) is 0.816. The van der Waals surface area contributed by atoms with Crippen molar-refractivity contribution in [2.24, 2.45) is 0 Å². The lowest BCUT2D eigenvalue weighted by atomic mass is 10.2. The molecule has 122 valence electrons. The maximum atomic E-state index is 12.5. The van der Waals surface area contributed by atoms with E-state index < -0.39 is 0 Å². The molecule has 0 atom stereocenters. The average molecular weight is 325 g/mol. The number of ether oxygens (including phenoxy) is 1. The number of rotatable bonds is 6. The molecule has 1 aliphatic heterocycles. The normalized spacial score (nSPS) is 14.9. The van der Waals surface area contributed by atoms with E-state index in [1.54, 1.807) is 11.8 Å². The summed E-state index contributed by atoms with van der Waals surface area (Å²) in [6, 6.07) is 0. The maximum absolute atomic E-state index is 12.5. The van der Waals surface area contributed by atoms with Crippen molar-refractivity contribution in [3.05, 3.63) is 10.6 Å². The number of nitrogens with zero attached hydrogens (tertiary/aromatic N) is 2. The summed E-state index contributed by atoms with van der Waals surface area (Å²) in [5, 5.41) is 3.30. The number of nitrogens with one attached hydrogen (secondary N) is 1. The molecule has 2 amide bonds. The Bertz CT molecular complexity index is 524. The SMILES string of the molecule is CCCCCC(=O)Nc1nc(C)c(C(=O)N2CCOCC2)s1. The molecule has 0 saturated carbocycles. The zero-order valence-electron chi connectivity index (χ0n) is 13.2. The van der Waals surface area contributed by atoms with Crippen LogP contribution in [-0.4, -0.2) is 48.0 Å². The Kier molecular flexibility index (Phi) is 6.33. The highest BCUT2D eigenvalue weighted by Gasteiger charge is 2.23. The first-order chi connectivity index (χ1) is 10.6. The van der Waals surface area contributed by atoms with E-state index in [4.69, 9.17) is 4.74 Å². The van der Waals surface area contributed by atoms with Gasteiger partial charge in [0.05, 0.1) is 18.9 Å². The van der Waals surface area contributed by atoms with E-state index in [-0.39, 0.29) is 11.8 Å². The van der Waals surface area contributed by atoms with Crippen LogP contribution in [0.1, 0.15) is 48.0 Å². The van der Waals surface area contributed by atoms with Crippen LogP contribution in [-0.2, 0) is 9.53 Å². The Morgan fingerprint density at radius 3 is 2.73 bits per heavy atom. The van der Waals surface area contributed by atoms with Crippen molar-refractivity contribution in [1.29, 1.82) is 0 Å². The summed E-state index contributed by atoms with van der Waals surface area (Å²) in [5.74, 6) is -0.0580. The van der Waals surface area contributed by atoms with E-state index in [2.05, 4.69) is 17.2 Å². The van der Waals surface area contributed by atoms with E-state index in [0.29, 0.717) is 48.4 Å². The molecule has 1 aromatic heterocycles. The van der Waals surface area contributed by atoms with Crippen molar-refractivity contribution in [3.8, 4) is 0 Å². The molecule has 0 bridgehead atoms. The molecule has 1 saturated heterocycles. The number of morpholine rings is 1. The van der Waals surface area contributed by atoms with Crippen LogP contribution in [0.2, 0.25) is 0 Å². The second kappa shape index (κ2) is 8.24. The van der Waals surface area contributed by atoms with Gasteiger partial charge in [0, 0.05) is 19.5 Å². The molecule has 0 radical (unpaired) electrons. The first-order valence-electron chi connectivity index (χ1n) is 7.76. The van der Waals surface area contributed by atoms with Crippen LogP contribution in [0.15, 0.2) is 0 Å². The van der Waals surface area contributed by atoms with E-state index in [1.807, 2.05) is 0 Å². The zero-order chi connectivity index (χ0) is 15.9. The molecular weight excluding hydrogens is 302 g/mol. The first kappa shape index (κ1) is 16.9. The molecule has 1 aromatic rings. The smallest absolute Gasteiger partial charge is 0.266 e. The second-order valence-electron chi connectivity index (χ2n) is 5.34. The van der Waals surface area contributed by atoms with Crippen LogP contribution in [0, 0.1) is 6.92 Å². The summed E-state index contributed by atoms with van der Waals surface area (Å²) in [5.41, 5.74) is 0.672. The molecule has 7 heteroatoms. The van der Waals surface area contributed by atoms with E-state index in [9.17, 15) is 9.59 Å². The number of hydrogen-bond acceptors (Lipinski definition) is 5. The Labute approximate surface area is 134 Å². The van der Waals surface area contributed by atoms with Gasteiger partial charge in [0.2, 0.25) is 5.91 Å². The number of hydrogen-bond donors (Lipinski definition) is 1. The topological polar surface area (TPSA) is 71.5 Å². The van der Waals surface area contributed by atoms with Gasteiger partial charge in [-0.3, -0.25) is 9.59 Å². The van der Waals surface area contributed by atoms with Gasteiger partial charge in [-0.05, 0) is 13.3 Å². The maximum Gasteiger partial charge on any atom is 0.266 e. The minimum absolute atomic E-state index is 0.0234. The van der Waals surface area contributed by atoms with Crippen molar-refractivity contribution in [1.82, 2.24) is 9.88 Å². The van der Waals surface area contributed by atoms with Gasteiger partial charge in [0.1, 0.15) is 4.88 Å². The highest BCUT2D eigenvalue weighted by molar-refractivity contribution is 7.17. The molecule has 2 rings (SSSR count). The Morgan fingerprint density at radius 2 is 2.05 bits per heavy atom. The summed E-state index contributed by atoms with van der Waals surface area (Å²) >= 11 is 1.25. The van der Waals surface area contributed by atoms with E-state index in [1.165, 1.54) is 11.3 Å². The predicted molar refractivity (Wildman–Crippen MR) is 86.3 cm³/mol. The van der Waals surface area contributed by atoms with Crippen LogP contribution < -0.4 is 5.32 Å². The fourth-order valence-corrected chi connectivity index (χ4v) is 3.23. The Balaban J connectivity index is 1.95. The molecule has 0 spiro atoms. The van der Waals surface area contributed by atoms with Crippen molar-refractivity contribution < 1.29 is 14.3 Å². The number of thiazole rings is 1. The van der Waals surface area contributed by atoms with Crippen LogP contribution in [0.25, 0.3) is 0 Å². The lowest BCUT2D eigenvalue weighted by Crippen LogP contribution is -2.40. The van der Waals surface area contributed by atoms with E-state index >= 15 is 0 Å². The molecule has 6 nitrogen and oxygen atoms in total. The molecule has 0 aliphatic carbocycles. The summed E-state index contributed by atoms with van der Waals surface area (Å²) in [6.45, 7) is 6.27. The molecular formula is C15H23N3O3S. The number of anilines is 1. The fraction of sp³-hybridized carbons (Fsp3) is 0.667. The van der Waals surface area contributed by atoms with Gasteiger partial charge in [0.15, 0.2) is 5.13 Å². The van der Waals surface area contributed by atoms with Crippen LogP contribution >= 0.6 is 11.3 Å². The lowest BCUT2D eigenvalue weighted by molar-refractivity contribution is -0.116. The molecule has 0 aromatic carbocycles. The van der Waals surface area contributed by atoms with Gasteiger partial charge >= 0.3 is 0 Å². The number of carbonyl (C=O) groups is 2. The highest BCUT2D eigenvalue weighted by Crippen LogP contribution is 2.24. The summed E-state index contributed by atoms with van der Waals surface area (Å²) in [4.78, 5) is 31.0. The second-order valence-corrected chi connectivity index (χ2v) is 6.34. The molecule has 2 heterocycles. The van der Waals surface area contributed by atoms with Gasteiger partial charge in [-0.25, -0.2) is 4.98 Å². The third-order valence-electron chi connectivity index (χ3n) is 3.54. The third kappa shape index (κ3) is 4.51. The number of carbonyl (C=O) groups excluding carboxylic acids is 2. The number of aromatic nitrogens is 1. The number of amides is 2. The molecule has 22 heavy (non-hydrogen) atoms. The summed E-state index contributed by atoms with van der Waals surface area (Å²) in [7, 11) is 0. The van der Waals surface area contributed by atoms with Gasteiger partial charge in [-0.15, -0.1) is 0 Å². The number of aryl methyl sites for hydroxylation is 1. The monoisotopic (exact) mass is 325 g/mol. The standard InChI is InChI=1S/C15H23N3O3S/c1-3-4-5-6-12(19)17-15-16-11(2)13(22-15)14(20)18-7-9-21-10-8-18/h3-10H2,1-2H3,(H,16,17,19). The minimum Gasteiger partial charge on any atom is -0.378 e. The first-order valence-corrected chi connectivity index (χ1v) is 8.57. The van der Waals surface area contributed by atoms with Gasteiger partial charge < -0.3 is 15.0 Å². The zero-order valence-corrected chi connectivity index (χ0v) is 14.0. The van der Waals surface area contributed by atoms with E-state index in [0.717, 1.165) is 19.3 Å². The van der Waals surface area contributed by atoms with Crippen molar-refractivity contribution in [3.63, 3.8) is 0 Å². The van der Waals surface area contributed by atoms with Crippen molar-refractivity contribution in [2.75, 3.05) is 31.6 Å². The molecule has 1 fully saturated rings. The van der Waals surface area contributed by atoms with Gasteiger partial charge in [-0.1, -0.05) is 31.1 Å².